The molecule has 2 atom stereocenters. The molecule has 1 saturated heterocycles. The maximum Gasteiger partial charge on any atom is 0.265 e. The summed E-state index contributed by atoms with van der Waals surface area (Å²) in [5.74, 6) is 0.493. The zero-order chi connectivity index (χ0) is 15.5. The number of carbonyl (C=O) groups excluding carboxylic acids is 1. The third-order valence-electron chi connectivity index (χ3n) is 4.22. The first-order valence-electron chi connectivity index (χ1n) is 7.59. The maximum absolute atomic E-state index is 12.8. The van der Waals surface area contributed by atoms with E-state index in [-0.39, 0.29) is 11.9 Å². The number of amides is 1. The molecule has 1 aliphatic heterocycles. The van der Waals surface area contributed by atoms with E-state index in [2.05, 4.69) is 16.9 Å². The van der Waals surface area contributed by atoms with Gasteiger partial charge in [0.15, 0.2) is 0 Å². The molecule has 0 radical (unpaired) electrons. The number of hydrogen-bond acceptors (Lipinski definition) is 5. The highest BCUT2D eigenvalue weighted by Crippen LogP contribution is 2.28. The van der Waals surface area contributed by atoms with Crippen molar-refractivity contribution in [1.82, 2.24) is 14.9 Å². The van der Waals surface area contributed by atoms with Gasteiger partial charge < -0.3 is 10.6 Å². The van der Waals surface area contributed by atoms with E-state index >= 15 is 0 Å². The normalized spacial score (nSPS) is 21.8. The van der Waals surface area contributed by atoms with Crippen molar-refractivity contribution in [2.24, 2.45) is 11.7 Å². The number of pyridine rings is 1. The maximum atomic E-state index is 12.8. The quantitative estimate of drug-likeness (QED) is 0.944. The Morgan fingerprint density at radius 2 is 2.32 bits per heavy atom. The van der Waals surface area contributed by atoms with Gasteiger partial charge in [0.25, 0.3) is 5.91 Å². The third kappa shape index (κ3) is 2.89. The highest BCUT2D eigenvalue weighted by Gasteiger charge is 2.32. The fourth-order valence-electron chi connectivity index (χ4n) is 2.98. The van der Waals surface area contributed by atoms with Crippen LogP contribution in [0.1, 0.15) is 29.4 Å². The summed E-state index contributed by atoms with van der Waals surface area (Å²) in [6.07, 6.45) is 5.56. The molecule has 2 N–H and O–H groups in total. The minimum absolute atomic E-state index is 0.0432. The topological polar surface area (TPSA) is 72.1 Å². The van der Waals surface area contributed by atoms with Crippen molar-refractivity contribution < 1.29 is 4.79 Å². The molecule has 5 nitrogen and oxygen atoms in total. The van der Waals surface area contributed by atoms with Gasteiger partial charge in [0.2, 0.25) is 0 Å². The molecule has 2 aromatic heterocycles. The van der Waals surface area contributed by atoms with Crippen LogP contribution in [-0.4, -0.2) is 39.9 Å². The van der Waals surface area contributed by atoms with Crippen LogP contribution in [0.15, 0.2) is 30.6 Å². The van der Waals surface area contributed by atoms with Gasteiger partial charge in [-0.15, -0.1) is 11.3 Å². The van der Waals surface area contributed by atoms with E-state index in [9.17, 15) is 4.79 Å². The second-order valence-corrected chi connectivity index (χ2v) is 6.70. The predicted octanol–water partition coefficient (Wildman–Crippen LogP) is 2.40. The van der Waals surface area contributed by atoms with Crippen LogP contribution in [0.3, 0.4) is 0 Å². The average molecular weight is 316 g/mol. The van der Waals surface area contributed by atoms with E-state index in [1.807, 2.05) is 23.1 Å². The van der Waals surface area contributed by atoms with E-state index in [0.717, 1.165) is 30.1 Å². The first-order valence-corrected chi connectivity index (χ1v) is 8.40. The molecular weight excluding hydrogens is 296 g/mol. The number of aromatic nitrogens is 2. The number of rotatable bonds is 3. The summed E-state index contributed by atoms with van der Waals surface area (Å²) >= 11 is 1.40. The smallest absolute Gasteiger partial charge is 0.265 e. The summed E-state index contributed by atoms with van der Waals surface area (Å²) < 4.78 is 0. The molecule has 3 heterocycles. The number of likely N-dealkylation sites (tertiary alicyclic amines) is 1. The first kappa shape index (κ1) is 15.1. The zero-order valence-electron chi connectivity index (χ0n) is 12.6. The van der Waals surface area contributed by atoms with Gasteiger partial charge in [-0.25, -0.2) is 4.98 Å². The van der Waals surface area contributed by atoms with E-state index in [4.69, 9.17) is 5.73 Å². The Morgan fingerprint density at radius 1 is 1.45 bits per heavy atom. The Kier molecular flexibility index (Phi) is 4.49. The van der Waals surface area contributed by atoms with Gasteiger partial charge in [-0.1, -0.05) is 13.0 Å². The summed E-state index contributed by atoms with van der Waals surface area (Å²) in [7, 11) is 0. The highest BCUT2D eigenvalue weighted by atomic mass is 32.1. The van der Waals surface area contributed by atoms with Crippen LogP contribution in [0.2, 0.25) is 0 Å². The number of hydrogen-bond donors (Lipinski definition) is 1. The molecule has 1 fully saturated rings. The van der Waals surface area contributed by atoms with Crippen LogP contribution in [-0.2, 0) is 0 Å². The van der Waals surface area contributed by atoms with Gasteiger partial charge in [-0.3, -0.25) is 9.78 Å². The Bertz CT molecular complexity index is 643. The van der Waals surface area contributed by atoms with Gasteiger partial charge in [0.05, 0.1) is 11.9 Å². The minimum atomic E-state index is 0.0432. The largest absolute Gasteiger partial charge is 0.333 e. The molecule has 6 heteroatoms. The van der Waals surface area contributed by atoms with Crippen molar-refractivity contribution in [2.45, 2.75) is 25.8 Å². The number of piperidine rings is 1. The number of thiazole rings is 1. The van der Waals surface area contributed by atoms with Crippen LogP contribution in [0.4, 0.5) is 0 Å². The number of carbonyl (C=O) groups is 1. The van der Waals surface area contributed by atoms with Crippen molar-refractivity contribution in [3.63, 3.8) is 0 Å². The molecule has 2 aromatic rings. The molecule has 116 valence electrons. The summed E-state index contributed by atoms with van der Waals surface area (Å²) in [6, 6.07) is 5.81. The second-order valence-electron chi connectivity index (χ2n) is 5.67. The summed E-state index contributed by atoms with van der Waals surface area (Å²) in [5.41, 5.74) is 6.68. The molecule has 0 aromatic carbocycles. The number of nitrogens with two attached hydrogens (primary N) is 1. The highest BCUT2D eigenvalue weighted by molar-refractivity contribution is 7.16. The van der Waals surface area contributed by atoms with E-state index in [0.29, 0.717) is 17.3 Å². The van der Waals surface area contributed by atoms with Crippen LogP contribution >= 0.6 is 11.3 Å². The van der Waals surface area contributed by atoms with E-state index in [1.54, 1.807) is 12.4 Å². The lowest BCUT2D eigenvalue weighted by Gasteiger charge is -2.39. The average Bonchev–Trinajstić information content (AvgIpc) is 3.05. The van der Waals surface area contributed by atoms with E-state index in [1.165, 1.54) is 11.3 Å². The first-order chi connectivity index (χ1) is 10.7. The van der Waals surface area contributed by atoms with Crippen molar-refractivity contribution >= 4 is 17.2 Å². The van der Waals surface area contributed by atoms with Crippen LogP contribution in [0.5, 0.6) is 0 Å². The Morgan fingerprint density at radius 3 is 3.05 bits per heavy atom. The third-order valence-corrected chi connectivity index (χ3v) is 5.23. The standard InChI is InChI=1S/C16H20N4OS/c1-11-5-4-8-20(13(11)9-17)16(21)14-10-19-15(22-14)12-6-2-3-7-18-12/h2-3,6-7,10-11,13H,4-5,8-9,17H2,1H3/t11-,13-/m1/s1. The van der Waals surface area contributed by atoms with E-state index < -0.39 is 0 Å². The molecule has 0 unspecified atom stereocenters. The lowest BCUT2D eigenvalue weighted by Crippen LogP contribution is -2.51. The van der Waals surface area contributed by atoms with Gasteiger partial charge >= 0.3 is 0 Å². The zero-order valence-corrected chi connectivity index (χ0v) is 13.4. The molecule has 1 aliphatic rings. The molecule has 1 amide bonds. The van der Waals surface area contributed by atoms with Crippen LogP contribution in [0, 0.1) is 5.92 Å². The fourth-order valence-corrected chi connectivity index (χ4v) is 3.83. The summed E-state index contributed by atoms with van der Waals surface area (Å²) in [4.78, 5) is 24.0. The summed E-state index contributed by atoms with van der Waals surface area (Å²) in [6.45, 7) is 3.46. The monoisotopic (exact) mass is 316 g/mol. The molecule has 3 rings (SSSR count). The minimum Gasteiger partial charge on any atom is -0.333 e. The summed E-state index contributed by atoms with van der Waals surface area (Å²) in [5, 5.41) is 0.776. The fraction of sp³-hybridized carbons (Fsp3) is 0.438. The Balaban J connectivity index is 1.82. The Labute approximate surface area is 134 Å². The SMILES string of the molecule is C[C@@H]1CCCN(C(=O)c2cnc(-c3ccccn3)s2)[C@@H]1CN. The van der Waals surface area contributed by atoms with Gasteiger partial charge in [0.1, 0.15) is 9.88 Å². The Hall–Kier alpha value is -1.79. The van der Waals surface area contributed by atoms with Gasteiger partial charge in [0, 0.05) is 25.3 Å². The van der Waals surface area contributed by atoms with Crippen LogP contribution in [0.25, 0.3) is 10.7 Å². The lowest BCUT2D eigenvalue weighted by atomic mass is 9.90. The van der Waals surface area contributed by atoms with Gasteiger partial charge in [-0.2, -0.15) is 0 Å². The molecule has 0 spiro atoms. The molecule has 0 aliphatic carbocycles. The van der Waals surface area contributed by atoms with Crippen molar-refractivity contribution in [3.8, 4) is 10.7 Å². The molecule has 0 saturated carbocycles. The van der Waals surface area contributed by atoms with Crippen molar-refractivity contribution in [1.29, 1.82) is 0 Å². The number of nitrogens with zero attached hydrogens (tertiary/aromatic N) is 3. The predicted molar refractivity (Wildman–Crippen MR) is 87.6 cm³/mol. The van der Waals surface area contributed by atoms with Crippen LogP contribution < -0.4 is 5.73 Å². The lowest BCUT2D eigenvalue weighted by molar-refractivity contribution is 0.0537. The van der Waals surface area contributed by atoms with Crippen molar-refractivity contribution in [3.05, 3.63) is 35.5 Å². The van der Waals surface area contributed by atoms with Gasteiger partial charge in [-0.05, 0) is 30.9 Å². The molecular formula is C16H20N4OS. The molecule has 22 heavy (non-hydrogen) atoms. The van der Waals surface area contributed by atoms with Crippen molar-refractivity contribution in [2.75, 3.05) is 13.1 Å². The second kappa shape index (κ2) is 6.54. The molecule has 0 bridgehead atoms.